The van der Waals surface area contributed by atoms with Crippen molar-refractivity contribution >= 4 is 10.0 Å². The zero-order chi connectivity index (χ0) is 10.3. The van der Waals surface area contributed by atoms with E-state index < -0.39 is 10.0 Å². The number of nitrogens with two attached hydrogens (primary N) is 1. The van der Waals surface area contributed by atoms with Crippen molar-refractivity contribution in [1.29, 1.82) is 0 Å². The van der Waals surface area contributed by atoms with Crippen molar-refractivity contribution in [3.05, 3.63) is 12.7 Å². The van der Waals surface area contributed by atoms with Crippen LogP contribution in [0.15, 0.2) is 12.7 Å². The maximum atomic E-state index is 11.5. The van der Waals surface area contributed by atoms with Gasteiger partial charge in [0.2, 0.25) is 10.0 Å². The van der Waals surface area contributed by atoms with Crippen LogP contribution in [0.4, 0.5) is 0 Å². The number of sulfonamides is 1. The average Bonchev–Trinajstić information content (AvgIpc) is 2.10. The molecule has 13 heavy (non-hydrogen) atoms. The molecular weight excluding hydrogens is 188 g/mol. The monoisotopic (exact) mass is 206 g/mol. The molecule has 0 spiro atoms. The maximum Gasteiger partial charge on any atom is 0.214 e. The van der Waals surface area contributed by atoms with Gasteiger partial charge in [0.05, 0.1) is 5.75 Å². The van der Waals surface area contributed by atoms with Crippen molar-refractivity contribution < 1.29 is 8.42 Å². The zero-order valence-electron chi connectivity index (χ0n) is 8.07. The molecule has 0 aliphatic heterocycles. The summed E-state index contributed by atoms with van der Waals surface area (Å²) in [6.45, 7) is 6.59. The lowest BCUT2D eigenvalue weighted by Crippen LogP contribution is -2.33. The van der Waals surface area contributed by atoms with E-state index in [0.717, 1.165) is 0 Å². The fourth-order valence-corrected chi connectivity index (χ4v) is 2.49. The molecule has 0 radical (unpaired) electrons. The van der Waals surface area contributed by atoms with Crippen LogP contribution < -0.4 is 5.73 Å². The third-order valence-electron chi connectivity index (χ3n) is 1.69. The third-order valence-corrected chi connectivity index (χ3v) is 3.68. The number of likely N-dealkylation sites (N-methyl/N-ethyl adjacent to an activating group) is 1. The molecule has 0 unspecified atom stereocenters. The fourth-order valence-electron chi connectivity index (χ4n) is 0.978. The Kier molecular flexibility index (Phi) is 5.94. The maximum absolute atomic E-state index is 11.5. The Hall–Kier alpha value is -0.390. The molecule has 0 bridgehead atoms. The van der Waals surface area contributed by atoms with Crippen molar-refractivity contribution in [2.24, 2.45) is 5.73 Å². The highest BCUT2D eigenvalue weighted by Crippen LogP contribution is 2.02. The Morgan fingerprint density at radius 2 is 2.15 bits per heavy atom. The summed E-state index contributed by atoms with van der Waals surface area (Å²) >= 11 is 0. The van der Waals surface area contributed by atoms with Gasteiger partial charge in [-0.15, -0.1) is 6.58 Å². The van der Waals surface area contributed by atoms with Crippen LogP contribution in [-0.2, 0) is 10.0 Å². The lowest BCUT2D eigenvalue weighted by atomic mass is 10.5. The summed E-state index contributed by atoms with van der Waals surface area (Å²) in [7, 11) is -3.11. The van der Waals surface area contributed by atoms with E-state index in [1.807, 2.05) is 6.92 Å². The molecule has 0 rings (SSSR count). The molecule has 0 aliphatic carbocycles. The summed E-state index contributed by atoms with van der Waals surface area (Å²) in [4.78, 5) is 0. The first kappa shape index (κ1) is 12.6. The second-order valence-electron chi connectivity index (χ2n) is 2.70. The Morgan fingerprint density at radius 3 is 2.54 bits per heavy atom. The highest BCUT2D eigenvalue weighted by molar-refractivity contribution is 7.89. The van der Waals surface area contributed by atoms with Gasteiger partial charge in [0.25, 0.3) is 0 Å². The predicted octanol–water partition coefficient (Wildman–Crippen LogP) is 0.173. The lowest BCUT2D eigenvalue weighted by molar-refractivity contribution is 0.458. The Morgan fingerprint density at radius 1 is 1.54 bits per heavy atom. The van der Waals surface area contributed by atoms with Crippen LogP contribution in [0.2, 0.25) is 0 Å². The molecule has 0 amide bonds. The fraction of sp³-hybridized carbons (Fsp3) is 0.750. The summed E-state index contributed by atoms with van der Waals surface area (Å²) in [6, 6.07) is 0. The molecule has 78 valence electrons. The van der Waals surface area contributed by atoms with Crippen LogP contribution in [0.5, 0.6) is 0 Å². The topological polar surface area (TPSA) is 63.4 Å². The van der Waals surface area contributed by atoms with E-state index in [4.69, 9.17) is 5.73 Å². The van der Waals surface area contributed by atoms with Crippen LogP contribution in [0.3, 0.4) is 0 Å². The van der Waals surface area contributed by atoms with Gasteiger partial charge in [0, 0.05) is 13.1 Å². The summed E-state index contributed by atoms with van der Waals surface area (Å²) in [5, 5.41) is 0. The summed E-state index contributed by atoms with van der Waals surface area (Å²) in [5.41, 5.74) is 5.25. The van der Waals surface area contributed by atoms with Crippen LogP contribution in [0.1, 0.15) is 13.3 Å². The molecule has 0 aromatic carbocycles. The minimum Gasteiger partial charge on any atom is -0.330 e. The SMILES string of the molecule is C=CCN(CC)S(=O)(=O)CCCN. The normalized spacial score (nSPS) is 11.9. The Labute approximate surface area is 80.5 Å². The molecule has 2 N–H and O–H groups in total. The minimum atomic E-state index is -3.11. The second kappa shape index (κ2) is 6.12. The minimum absolute atomic E-state index is 0.130. The lowest BCUT2D eigenvalue weighted by Gasteiger charge is -2.18. The van der Waals surface area contributed by atoms with Gasteiger partial charge in [-0.05, 0) is 13.0 Å². The van der Waals surface area contributed by atoms with Crippen LogP contribution in [0, 0.1) is 0 Å². The van der Waals surface area contributed by atoms with Gasteiger partial charge in [-0.1, -0.05) is 13.0 Å². The quantitative estimate of drug-likeness (QED) is 0.604. The molecule has 0 aromatic rings. The Bertz CT molecular complexity index is 237. The van der Waals surface area contributed by atoms with Gasteiger partial charge in [-0.2, -0.15) is 4.31 Å². The number of hydrogen-bond donors (Lipinski definition) is 1. The van der Waals surface area contributed by atoms with Crippen LogP contribution in [-0.4, -0.2) is 38.1 Å². The number of hydrogen-bond acceptors (Lipinski definition) is 3. The molecule has 4 nitrogen and oxygen atoms in total. The van der Waals surface area contributed by atoms with Gasteiger partial charge in [-0.25, -0.2) is 8.42 Å². The molecule has 5 heteroatoms. The van der Waals surface area contributed by atoms with E-state index >= 15 is 0 Å². The van der Waals surface area contributed by atoms with Gasteiger partial charge in [0.1, 0.15) is 0 Å². The van der Waals surface area contributed by atoms with Crippen LogP contribution in [0.25, 0.3) is 0 Å². The largest absolute Gasteiger partial charge is 0.330 e. The highest BCUT2D eigenvalue weighted by atomic mass is 32.2. The summed E-state index contributed by atoms with van der Waals surface area (Å²) < 4.78 is 24.5. The molecule has 0 saturated heterocycles. The number of nitrogens with zero attached hydrogens (tertiary/aromatic N) is 1. The van der Waals surface area contributed by atoms with E-state index in [1.165, 1.54) is 4.31 Å². The second-order valence-corrected chi connectivity index (χ2v) is 4.79. The predicted molar refractivity (Wildman–Crippen MR) is 54.9 cm³/mol. The molecule has 0 atom stereocenters. The van der Waals surface area contributed by atoms with Gasteiger partial charge in [0.15, 0.2) is 0 Å². The molecule has 0 fully saturated rings. The van der Waals surface area contributed by atoms with E-state index in [0.29, 0.717) is 26.1 Å². The van der Waals surface area contributed by atoms with E-state index in [-0.39, 0.29) is 5.75 Å². The zero-order valence-corrected chi connectivity index (χ0v) is 8.89. The van der Waals surface area contributed by atoms with Gasteiger partial charge < -0.3 is 5.73 Å². The van der Waals surface area contributed by atoms with Gasteiger partial charge in [-0.3, -0.25) is 0 Å². The molecule has 0 heterocycles. The molecule has 0 aliphatic rings. The van der Waals surface area contributed by atoms with Crippen LogP contribution >= 0.6 is 0 Å². The smallest absolute Gasteiger partial charge is 0.214 e. The molecular formula is C8H18N2O2S. The van der Waals surface area contributed by atoms with Crippen molar-refractivity contribution in [3.8, 4) is 0 Å². The first-order valence-electron chi connectivity index (χ1n) is 4.37. The van der Waals surface area contributed by atoms with Crippen molar-refractivity contribution in [3.63, 3.8) is 0 Å². The third kappa shape index (κ3) is 4.40. The van der Waals surface area contributed by atoms with Crippen molar-refractivity contribution in [1.82, 2.24) is 4.31 Å². The Balaban J connectivity index is 4.29. The number of rotatable bonds is 7. The summed E-state index contributed by atoms with van der Waals surface area (Å²) in [5.74, 6) is 0.130. The average molecular weight is 206 g/mol. The molecule has 0 aromatic heterocycles. The van der Waals surface area contributed by atoms with Crippen molar-refractivity contribution in [2.75, 3.05) is 25.4 Å². The van der Waals surface area contributed by atoms with Crippen molar-refractivity contribution in [2.45, 2.75) is 13.3 Å². The standard InChI is InChI=1S/C8H18N2O2S/c1-3-7-10(4-2)13(11,12)8-5-6-9/h3H,1,4-9H2,2H3. The van der Waals surface area contributed by atoms with Gasteiger partial charge >= 0.3 is 0 Å². The molecule has 0 saturated carbocycles. The first-order chi connectivity index (χ1) is 6.08. The van der Waals surface area contributed by atoms with E-state index in [2.05, 4.69) is 6.58 Å². The summed E-state index contributed by atoms with van der Waals surface area (Å²) in [6.07, 6.45) is 2.10. The first-order valence-corrected chi connectivity index (χ1v) is 5.98. The van der Waals surface area contributed by atoms with E-state index in [1.54, 1.807) is 6.08 Å². The highest BCUT2D eigenvalue weighted by Gasteiger charge is 2.17. The van der Waals surface area contributed by atoms with E-state index in [9.17, 15) is 8.42 Å².